The van der Waals surface area contributed by atoms with Gasteiger partial charge in [0.2, 0.25) is 17.7 Å². The smallest absolute Gasteiger partial charge is 0.327 e. The Bertz CT molecular complexity index is 1650. The molecule has 1 aliphatic heterocycles. The van der Waals surface area contributed by atoms with Gasteiger partial charge in [-0.05, 0) is 45.2 Å². The number of benzene rings is 2. The number of hydrogen-bond acceptors (Lipinski definition) is 9. The zero-order valence-electron chi connectivity index (χ0n) is 30.0. The van der Waals surface area contributed by atoms with Gasteiger partial charge in [0.05, 0.1) is 30.1 Å². The van der Waals surface area contributed by atoms with Crippen LogP contribution in [-0.2, 0) is 46.5 Å². The Morgan fingerprint density at radius 2 is 1.60 bits per heavy atom. The molecule has 0 atom stereocenters. The Balaban J connectivity index is 1.40. The van der Waals surface area contributed by atoms with Crippen molar-refractivity contribution in [3.8, 4) is 22.5 Å². The summed E-state index contributed by atoms with van der Waals surface area (Å²) in [6.07, 6.45) is 1.17. The third kappa shape index (κ3) is 9.97. The first kappa shape index (κ1) is 38.2. The Morgan fingerprint density at radius 3 is 2.34 bits per heavy atom. The molecule has 0 unspecified atom stereocenters. The highest BCUT2D eigenvalue weighted by Gasteiger charge is 2.31. The maximum absolute atomic E-state index is 13.8. The molecule has 0 saturated carbocycles. The number of para-hydroxylation sites is 1. The molecule has 13 heteroatoms. The molecule has 0 radical (unpaired) electrons. The van der Waals surface area contributed by atoms with Crippen molar-refractivity contribution in [2.24, 2.45) is 5.41 Å². The first-order valence-electron chi connectivity index (χ1n) is 17.1. The molecule has 0 saturated heterocycles. The molecule has 13 nitrogen and oxygen atoms in total. The van der Waals surface area contributed by atoms with E-state index in [9.17, 15) is 19.2 Å². The second-order valence-electron chi connectivity index (χ2n) is 13.5. The number of nitrogens with zero attached hydrogens (tertiary/aromatic N) is 4. The molecule has 1 aromatic heterocycles. The van der Waals surface area contributed by atoms with Gasteiger partial charge in [-0.1, -0.05) is 61.5 Å². The van der Waals surface area contributed by atoms with Crippen LogP contribution in [-0.4, -0.2) is 84.3 Å². The van der Waals surface area contributed by atoms with Crippen LogP contribution in [0, 0.1) is 5.41 Å². The molecule has 2 N–H and O–H groups in total. The molecule has 50 heavy (non-hydrogen) atoms. The number of hydrogen-bond donors (Lipinski definition) is 2. The average molecular weight is 691 g/mol. The van der Waals surface area contributed by atoms with Crippen molar-refractivity contribution in [1.82, 2.24) is 25.6 Å². The van der Waals surface area contributed by atoms with Crippen molar-refractivity contribution < 1.29 is 33.4 Å². The van der Waals surface area contributed by atoms with Gasteiger partial charge in [-0.3, -0.25) is 19.2 Å². The SMILES string of the molecule is CCNC(=O)C(C)(C)CCOC(C)(C)CCNC(=O)CCC(=O)N1Cc2ccccc2-c2c(nnn2CC(=O)OCCOC)-c2ccccc21. The lowest BCUT2D eigenvalue weighted by atomic mass is 9.88. The lowest BCUT2D eigenvalue weighted by Gasteiger charge is -2.29. The normalized spacial score (nSPS) is 12.6. The van der Waals surface area contributed by atoms with Crippen molar-refractivity contribution >= 4 is 29.4 Å². The molecule has 0 fully saturated rings. The minimum absolute atomic E-state index is 0.00236. The van der Waals surface area contributed by atoms with E-state index in [0.29, 0.717) is 55.2 Å². The van der Waals surface area contributed by atoms with Gasteiger partial charge < -0.3 is 29.7 Å². The Kier molecular flexibility index (Phi) is 13.3. The number of amides is 3. The number of carbonyl (C=O) groups is 4. The van der Waals surface area contributed by atoms with Gasteiger partial charge in [0.15, 0.2) is 0 Å². The second kappa shape index (κ2) is 17.3. The first-order chi connectivity index (χ1) is 23.9. The topological polar surface area (TPSA) is 154 Å². The average Bonchev–Trinajstić information content (AvgIpc) is 3.47. The molecular weight excluding hydrogens is 640 g/mol. The summed E-state index contributed by atoms with van der Waals surface area (Å²) in [5, 5.41) is 14.6. The summed E-state index contributed by atoms with van der Waals surface area (Å²) in [6.45, 7) is 11.5. The van der Waals surface area contributed by atoms with Crippen LogP contribution in [0.3, 0.4) is 0 Å². The van der Waals surface area contributed by atoms with E-state index in [0.717, 1.165) is 11.1 Å². The van der Waals surface area contributed by atoms with Crippen LogP contribution in [0.5, 0.6) is 0 Å². The molecule has 2 aromatic carbocycles. The zero-order valence-corrected chi connectivity index (χ0v) is 30.0. The molecule has 3 aromatic rings. The fraction of sp³-hybridized carbons (Fsp3) is 0.514. The van der Waals surface area contributed by atoms with Crippen LogP contribution in [0.4, 0.5) is 5.69 Å². The highest BCUT2D eigenvalue weighted by Crippen LogP contribution is 2.41. The maximum atomic E-state index is 13.8. The Hall–Kier alpha value is -4.62. The summed E-state index contributed by atoms with van der Waals surface area (Å²) >= 11 is 0. The fourth-order valence-electron chi connectivity index (χ4n) is 5.67. The van der Waals surface area contributed by atoms with Gasteiger partial charge in [-0.15, -0.1) is 5.10 Å². The Labute approximate surface area is 294 Å². The van der Waals surface area contributed by atoms with E-state index in [1.54, 1.807) is 4.90 Å². The summed E-state index contributed by atoms with van der Waals surface area (Å²) in [7, 11) is 1.53. The largest absolute Gasteiger partial charge is 0.462 e. The summed E-state index contributed by atoms with van der Waals surface area (Å²) in [6, 6.07) is 15.1. The second-order valence-corrected chi connectivity index (χ2v) is 13.5. The number of nitrogens with one attached hydrogen (secondary N) is 2. The monoisotopic (exact) mass is 690 g/mol. The zero-order chi connectivity index (χ0) is 36.3. The highest BCUT2D eigenvalue weighted by atomic mass is 16.6. The van der Waals surface area contributed by atoms with Crippen LogP contribution in [0.25, 0.3) is 22.5 Å². The highest BCUT2D eigenvalue weighted by molar-refractivity contribution is 6.01. The van der Waals surface area contributed by atoms with E-state index in [4.69, 9.17) is 14.2 Å². The molecule has 3 amide bonds. The van der Waals surface area contributed by atoms with Crippen LogP contribution < -0.4 is 15.5 Å². The van der Waals surface area contributed by atoms with Gasteiger partial charge in [-0.2, -0.15) is 0 Å². The minimum Gasteiger partial charge on any atom is -0.462 e. The standard InChI is InChI=1S/C37H50N6O7/c1-7-38-35(47)36(2,3)19-21-50-37(4,5)18-20-39-30(44)16-17-31(45)42-24-26-12-8-9-13-27(26)34-33(28-14-10-11-15-29(28)42)40-41-43(34)25-32(46)49-23-22-48-6/h8-15H,7,16-25H2,1-6H3,(H,38,47)(H,39,44). The number of anilines is 1. The number of aromatic nitrogens is 3. The minimum atomic E-state index is -0.539. The van der Waals surface area contributed by atoms with Crippen molar-refractivity contribution in [2.45, 2.75) is 79.0 Å². The number of carbonyl (C=O) groups excluding carboxylic acids is 4. The van der Waals surface area contributed by atoms with Crippen molar-refractivity contribution in [2.75, 3.05) is 44.9 Å². The molecule has 0 aliphatic carbocycles. The van der Waals surface area contributed by atoms with Gasteiger partial charge in [0.1, 0.15) is 18.8 Å². The number of rotatable bonds is 17. The number of methoxy groups -OCH3 is 1. The first-order valence-corrected chi connectivity index (χ1v) is 17.1. The molecule has 0 bridgehead atoms. The molecule has 2 heterocycles. The lowest BCUT2D eigenvalue weighted by Crippen LogP contribution is -2.39. The van der Waals surface area contributed by atoms with Crippen LogP contribution in [0.1, 0.15) is 65.9 Å². The molecule has 4 rings (SSSR count). The predicted octanol–water partition coefficient (Wildman–Crippen LogP) is 4.28. The van der Waals surface area contributed by atoms with E-state index in [-0.39, 0.29) is 56.9 Å². The third-order valence-corrected chi connectivity index (χ3v) is 8.70. The maximum Gasteiger partial charge on any atom is 0.327 e. The summed E-state index contributed by atoms with van der Waals surface area (Å²) in [5.41, 5.74) is 3.10. The van der Waals surface area contributed by atoms with E-state index in [2.05, 4.69) is 20.9 Å². The van der Waals surface area contributed by atoms with Crippen molar-refractivity contribution in [3.63, 3.8) is 0 Å². The van der Waals surface area contributed by atoms with E-state index < -0.39 is 17.0 Å². The summed E-state index contributed by atoms with van der Waals surface area (Å²) in [4.78, 5) is 53.3. The summed E-state index contributed by atoms with van der Waals surface area (Å²) < 4.78 is 17.9. The van der Waals surface area contributed by atoms with E-state index in [1.165, 1.54) is 11.8 Å². The van der Waals surface area contributed by atoms with Gasteiger partial charge >= 0.3 is 5.97 Å². The molecule has 1 aliphatic rings. The fourth-order valence-corrected chi connectivity index (χ4v) is 5.67. The third-order valence-electron chi connectivity index (χ3n) is 8.70. The number of fused-ring (bicyclic) bond motifs is 5. The van der Waals surface area contributed by atoms with Crippen LogP contribution in [0.15, 0.2) is 48.5 Å². The van der Waals surface area contributed by atoms with Crippen molar-refractivity contribution in [1.29, 1.82) is 0 Å². The van der Waals surface area contributed by atoms with E-state index >= 15 is 0 Å². The predicted molar refractivity (Wildman–Crippen MR) is 189 cm³/mol. The van der Waals surface area contributed by atoms with Gasteiger partial charge in [-0.25, -0.2) is 4.68 Å². The number of esters is 1. The van der Waals surface area contributed by atoms with Crippen LogP contribution in [0.2, 0.25) is 0 Å². The molecule has 0 spiro atoms. The van der Waals surface area contributed by atoms with Gasteiger partial charge in [0.25, 0.3) is 0 Å². The quantitative estimate of drug-likeness (QED) is 0.156. The van der Waals surface area contributed by atoms with Crippen molar-refractivity contribution in [3.05, 3.63) is 54.1 Å². The Morgan fingerprint density at radius 1 is 0.880 bits per heavy atom. The van der Waals surface area contributed by atoms with Crippen LogP contribution >= 0.6 is 0 Å². The molecule has 270 valence electrons. The molecular formula is C37H50N6O7. The number of ether oxygens (including phenoxy) is 3. The van der Waals surface area contributed by atoms with Gasteiger partial charge in [0, 0.05) is 56.2 Å². The van der Waals surface area contributed by atoms with E-state index in [1.807, 2.05) is 83.1 Å². The summed E-state index contributed by atoms with van der Waals surface area (Å²) in [5.74, 6) is -0.906. The lowest BCUT2D eigenvalue weighted by molar-refractivity contribution is -0.145.